The number of rotatable bonds is 4. The van der Waals surface area contributed by atoms with Gasteiger partial charge in [-0.2, -0.15) is 13.2 Å². The Kier molecular flexibility index (Phi) is 4.34. The van der Waals surface area contributed by atoms with E-state index in [2.05, 4.69) is 25.3 Å². The Labute approximate surface area is 156 Å². The van der Waals surface area contributed by atoms with Crippen molar-refractivity contribution in [3.05, 3.63) is 76.3 Å². The molecule has 0 spiro atoms. The zero-order chi connectivity index (χ0) is 19.7. The first-order valence-corrected chi connectivity index (χ1v) is 8.34. The van der Waals surface area contributed by atoms with E-state index in [9.17, 15) is 18.0 Å². The number of benzene rings is 1. The van der Waals surface area contributed by atoms with Crippen LogP contribution in [0.5, 0.6) is 0 Å². The Morgan fingerprint density at radius 3 is 2.75 bits per heavy atom. The third-order valence-corrected chi connectivity index (χ3v) is 4.24. The topological polar surface area (TPSA) is 86.5 Å². The van der Waals surface area contributed by atoms with Gasteiger partial charge in [-0.3, -0.25) is 9.78 Å². The largest absolute Gasteiger partial charge is 0.416 e. The van der Waals surface area contributed by atoms with Crippen molar-refractivity contribution < 1.29 is 13.2 Å². The van der Waals surface area contributed by atoms with Gasteiger partial charge < -0.3 is 10.3 Å². The van der Waals surface area contributed by atoms with Crippen LogP contribution < -0.4 is 10.9 Å². The van der Waals surface area contributed by atoms with Gasteiger partial charge in [0.25, 0.3) is 5.56 Å². The molecule has 3 heterocycles. The second kappa shape index (κ2) is 6.84. The minimum Gasteiger partial charge on any atom is -0.352 e. The van der Waals surface area contributed by atoms with Gasteiger partial charge in [-0.25, -0.2) is 9.97 Å². The summed E-state index contributed by atoms with van der Waals surface area (Å²) in [7, 11) is 0. The van der Waals surface area contributed by atoms with Crippen molar-refractivity contribution in [2.45, 2.75) is 12.7 Å². The van der Waals surface area contributed by atoms with E-state index in [1.807, 2.05) is 6.07 Å². The molecule has 0 radical (unpaired) electrons. The maximum Gasteiger partial charge on any atom is 0.416 e. The number of aromatic amines is 2. The van der Waals surface area contributed by atoms with Gasteiger partial charge in [-0.05, 0) is 23.8 Å². The van der Waals surface area contributed by atoms with Crippen LogP contribution in [0.15, 0.2) is 59.7 Å². The number of aromatic nitrogens is 4. The highest BCUT2D eigenvalue weighted by Gasteiger charge is 2.32. The average Bonchev–Trinajstić information content (AvgIpc) is 3.10. The van der Waals surface area contributed by atoms with Crippen molar-refractivity contribution in [3.8, 4) is 11.3 Å². The maximum absolute atomic E-state index is 13.1. The first-order valence-electron chi connectivity index (χ1n) is 8.34. The van der Waals surface area contributed by atoms with Crippen LogP contribution in [0.1, 0.15) is 11.1 Å². The molecular formula is C19H14F3N5O. The molecule has 142 valence electrons. The van der Waals surface area contributed by atoms with Crippen LogP contribution in [0.25, 0.3) is 22.3 Å². The fourth-order valence-corrected chi connectivity index (χ4v) is 2.98. The predicted octanol–water partition coefficient (Wildman–Crippen LogP) is 3.94. The lowest BCUT2D eigenvalue weighted by atomic mass is 10.1. The van der Waals surface area contributed by atoms with E-state index in [4.69, 9.17) is 0 Å². The summed E-state index contributed by atoms with van der Waals surface area (Å²) >= 11 is 0. The van der Waals surface area contributed by atoms with Gasteiger partial charge in [0.2, 0.25) is 5.95 Å². The molecule has 0 atom stereocenters. The Morgan fingerprint density at radius 1 is 1.11 bits per heavy atom. The highest BCUT2D eigenvalue weighted by Crippen LogP contribution is 2.32. The number of H-pyrrole nitrogens is 2. The quantitative estimate of drug-likeness (QED) is 0.497. The van der Waals surface area contributed by atoms with Crippen molar-refractivity contribution in [2.75, 3.05) is 5.32 Å². The molecule has 4 rings (SSSR count). The summed E-state index contributed by atoms with van der Waals surface area (Å²) in [5.74, 6) is 0.0812. The zero-order valence-corrected chi connectivity index (χ0v) is 14.3. The summed E-state index contributed by atoms with van der Waals surface area (Å²) < 4.78 is 39.4. The van der Waals surface area contributed by atoms with E-state index in [0.717, 1.165) is 11.5 Å². The maximum atomic E-state index is 13.1. The molecule has 0 aliphatic heterocycles. The molecule has 1 aromatic carbocycles. The first-order chi connectivity index (χ1) is 13.4. The van der Waals surface area contributed by atoms with Gasteiger partial charge in [-0.15, -0.1) is 0 Å². The first kappa shape index (κ1) is 17.8. The average molecular weight is 385 g/mol. The standard InChI is InChI=1S/C19H14F3N5O/c20-19(21,22)14-6-2-1-4-11(14)9-25-18-26-15(8-16(28)27-18)13-10-24-17-12(13)5-3-7-23-17/h1-8,10H,9H2,(H,23,24)(H2,25,26,27,28). The molecule has 0 fully saturated rings. The smallest absolute Gasteiger partial charge is 0.352 e. The summed E-state index contributed by atoms with van der Waals surface area (Å²) in [4.78, 5) is 26.1. The molecule has 0 aliphatic carbocycles. The van der Waals surface area contributed by atoms with Gasteiger partial charge in [-0.1, -0.05) is 18.2 Å². The number of pyridine rings is 1. The number of halogens is 3. The lowest BCUT2D eigenvalue weighted by Crippen LogP contribution is -2.15. The Hall–Kier alpha value is -3.62. The van der Waals surface area contributed by atoms with Crippen LogP contribution in [0, 0.1) is 0 Å². The molecule has 0 bridgehead atoms. The Bertz CT molecular complexity index is 1200. The van der Waals surface area contributed by atoms with Crippen molar-refractivity contribution >= 4 is 17.0 Å². The molecule has 28 heavy (non-hydrogen) atoms. The van der Waals surface area contributed by atoms with Crippen LogP contribution in [0.3, 0.4) is 0 Å². The SMILES string of the molecule is O=c1cc(-c2c[nH]c3ncccc23)nc(NCc2ccccc2C(F)(F)F)[nH]1. The molecule has 0 unspecified atom stereocenters. The Morgan fingerprint density at radius 2 is 1.93 bits per heavy atom. The predicted molar refractivity (Wildman–Crippen MR) is 98.7 cm³/mol. The molecule has 9 heteroatoms. The monoisotopic (exact) mass is 385 g/mol. The van der Waals surface area contributed by atoms with Crippen molar-refractivity contribution in [3.63, 3.8) is 0 Å². The number of nitrogens with zero attached hydrogens (tertiary/aromatic N) is 2. The fraction of sp³-hybridized carbons (Fsp3) is 0.105. The van der Waals surface area contributed by atoms with E-state index in [-0.39, 0.29) is 18.1 Å². The zero-order valence-electron chi connectivity index (χ0n) is 14.3. The van der Waals surface area contributed by atoms with Crippen molar-refractivity contribution in [2.24, 2.45) is 0 Å². The number of nitrogens with one attached hydrogen (secondary N) is 3. The summed E-state index contributed by atoms with van der Waals surface area (Å²) in [5, 5.41) is 3.56. The molecule has 0 saturated heterocycles. The Balaban J connectivity index is 1.65. The molecule has 0 saturated carbocycles. The number of fused-ring (bicyclic) bond motifs is 1. The van der Waals surface area contributed by atoms with Gasteiger partial charge in [0.15, 0.2) is 0 Å². The van der Waals surface area contributed by atoms with Crippen molar-refractivity contribution in [1.82, 2.24) is 19.9 Å². The third-order valence-electron chi connectivity index (χ3n) is 4.24. The number of anilines is 1. The molecule has 6 nitrogen and oxygen atoms in total. The van der Waals surface area contributed by atoms with Gasteiger partial charge in [0.1, 0.15) is 5.65 Å². The summed E-state index contributed by atoms with van der Waals surface area (Å²) in [6, 6.07) is 10.2. The highest BCUT2D eigenvalue weighted by molar-refractivity contribution is 5.92. The van der Waals surface area contributed by atoms with Gasteiger partial charge in [0, 0.05) is 36.0 Å². The minimum atomic E-state index is -4.46. The fourth-order valence-electron chi connectivity index (χ4n) is 2.98. The molecule has 3 aromatic heterocycles. The molecular weight excluding hydrogens is 371 g/mol. The van der Waals surface area contributed by atoms with Crippen molar-refractivity contribution in [1.29, 1.82) is 0 Å². The third kappa shape index (κ3) is 3.46. The molecule has 3 N–H and O–H groups in total. The number of hydrogen-bond donors (Lipinski definition) is 3. The van der Waals surface area contributed by atoms with Gasteiger partial charge >= 0.3 is 6.18 Å². The lowest BCUT2D eigenvalue weighted by molar-refractivity contribution is -0.138. The number of hydrogen-bond acceptors (Lipinski definition) is 4. The molecule has 4 aromatic rings. The van der Waals surface area contributed by atoms with E-state index in [1.54, 1.807) is 18.5 Å². The van der Waals surface area contributed by atoms with Crippen LogP contribution in [0.2, 0.25) is 0 Å². The summed E-state index contributed by atoms with van der Waals surface area (Å²) in [6.07, 6.45) is -1.14. The highest BCUT2D eigenvalue weighted by atomic mass is 19.4. The lowest BCUT2D eigenvalue weighted by Gasteiger charge is -2.13. The van der Waals surface area contributed by atoms with E-state index in [0.29, 0.717) is 16.9 Å². The van der Waals surface area contributed by atoms with Crippen LogP contribution in [-0.2, 0) is 12.7 Å². The van der Waals surface area contributed by atoms with Crippen LogP contribution in [0.4, 0.5) is 19.1 Å². The van der Waals surface area contributed by atoms with Crippen LogP contribution in [-0.4, -0.2) is 19.9 Å². The van der Waals surface area contributed by atoms with Gasteiger partial charge in [0.05, 0.1) is 11.3 Å². The summed E-state index contributed by atoms with van der Waals surface area (Å²) in [5.41, 5.74) is 0.605. The van der Waals surface area contributed by atoms with Crippen LogP contribution >= 0.6 is 0 Å². The van der Waals surface area contributed by atoms with E-state index >= 15 is 0 Å². The van der Waals surface area contributed by atoms with E-state index in [1.165, 1.54) is 24.3 Å². The number of alkyl halides is 3. The minimum absolute atomic E-state index is 0.0550. The van der Waals surface area contributed by atoms with E-state index < -0.39 is 17.3 Å². The second-order valence-electron chi connectivity index (χ2n) is 6.09. The molecule has 0 amide bonds. The normalized spacial score (nSPS) is 11.7. The second-order valence-corrected chi connectivity index (χ2v) is 6.09. The summed E-state index contributed by atoms with van der Waals surface area (Å²) in [6.45, 7) is -0.141. The molecule has 0 aliphatic rings.